The molecule has 0 fully saturated rings. The molecule has 0 spiro atoms. The van der Waals surface area contributed by atoms with Gasteiger partial charge in [0.15, 0.2) is 0 Å². The summed E-state index contributed by atoms with van der Waals surface area (Å²) < 4.78 is 0. The van der Waals surface area contributed by atoms with Crippen molar-refractivity contribution in [2.24, 2.45) is 11.7 Å². The Morgan fingerprint density at radius 3 is 2.18 bits per heavy atom. The molecule has 1 aromatic carbocycles. The summed E-state index contributed by atoms with van der Waals surface area (Å²) in [5, 5.41) is 9.07. The summed E-state index contributed by atoms with van der Waals surface area (Å²) in [6, 6.07) is 8.86. The maximum Gasteiger partial charge on any atom is 0.0471 e. The lowest BCUT2D eigenvalue weighted by Crippen LogP contribution is -2.18. The lowest BCUT2D eigenvalue weighted by Gasteiger charge is -2.11. The van der Waals surface area contributed by atoms with Crippen LogP contribution < -0.4 is 5.73 Å². The van der Waals surface area contributed by atoms with E-state index in [9.17, 15) is 0 Å². The van der Waals surface area contributed by atoms with E-state index in [0.717, 1.165) is 12.8 Å². The van der Waals surface area contributed by atoms with Crippen molar-refractivity contribution < 1.29 is 5.11 Å². The minimum Gasteiger partial charge on any atom is -0.396 e. The zero-order chi connectivity index (χ0) is 12.5. The standard InChI is InChI=1S/C15H25NO/c1-2-3-4-13-5-7-14(8-6-13)9-10-15(11-16)12-17/h5-8,15,17H,2-4,9-12,16H2,1H3. The number of nitrogens with two attached hydrogens (primary N) is 1. The van der Waals surface area contributed by atoms with Crippen molar-refractivity contribution in [3.63, 3.8) is 0 Å². The first kappa shape index (κ1) is 14.2. The van der Waals surface area contributed by atoms with E-state index in [-0.39, 0.29) is 12.5 Å². The first-order valence-corrected chi connectivity index (χ1v) is 6.68. The van der Waals surface area contributed by atoms with Gasteiger partial charge in [-0.3, -0.25) is 0 Å². The van der Waals surface area contributed by atoms with Crippen molar-refractivity contribution in [3.05, 3.63) is 35.4 Å². The van der Waals surface area contributed by atoms with Gasteiger partial charge in [-0.2, -0.15) is 0 Å². The Morgan fingerprint density at radius 1 is 1.12 bits per heavy atom. The van der Waals surface area contributed by atoms with Gasteiger partial charge in [-0.1, -0.05) is 37.6 Å². The molecule has 0 aliphatic heterocycles. The lowest BCUT2D eigenvalue weighted by molar-refractivity contribution is 0.223. The normalized spacial score (nSPS) is 12.6. The molecule has 96 valence electrons. The van der Waals surface area contributed by atoms with Crippen LogP contribution in [0, 0.1) is 5.92 Å². The molecule has 0 amide bonds. The SMILES string of the molecule is CCCCc1ccc(CCC(CN)CO)cc1. The summed E-state index contributed by atoms with van der Waals surface area (Å²) in [4.78, 5) is 0. The number of hydrogen-bond acceptors (Lipinski definition) is 2. The third-order valence-electron chi connectivity index (χ3n) is 3.27. The second-order valence-corrected chi connectivity index (χ2v) is 4.74. The first-order valence-electron chi connectivity index (χ1n) is 6.68. The van der Waals surface area contributed by atoms with E-state index >= 15 is 0 Å². The summed E-state index contributed by atoms with van der Waals surface area (Å²) in [5.74, 6) is 0.245. The van der Waals surface area contributed by atoms with Gasteiger partial charge in [-0.15, -0.1) is 0 Å². The minimum absolute atomic E-state index is 0.199. The van der Waals surface area contributed by atoms with Crippen LogP contribution in [0.2, 0.25) is 0 Å². The predicted octanol–water partition coefficient (Wildman–Crippen LogP) is 2.53. The van der Waals surface area contributed by atoms with Crippen molar-refractivity contribution in [2.45, 2.75) is 39.0 Å². The first-order chi connectivity index (χ1) is 8.30. The van der Waals surface area contributed by atoms with E-state index in [1.165, 1.54) is 30.4 Å². The fraction of sp³-hybridized carbons (Fsp3) is 0.600. The van der Waals surface area contributed by atoms with Crippen LogP contribution in [0.3, 0.4) is 0 Å². The Labute approximate surface area is 105 Å². The molecule has 3 N–H and O–H groups in total. The Hall–Kier alpha value is -0.860. The zero-order valence-corrected chi connectivity index (χ0v) is 10.9. The van der Waals surface area contributed by atoms with Crippen LogP contribution in [0.5, 0.6) is 0 Å². The van der Waals surface area contributed by atoms with Crippen LogP contribution in [-0.4, -0.2) is 18.3 Å². The average Bonchev–Trinajstić information content (AvgIpc) is 2.39. The van der Waals surface area contributed by atoms with Crippen LogP contribution in [-0.2, 0) is 12.8 Å². The molecule has 0 aliphatic rings. The molecule has 2 heteroatoms. The van der Waals surface area contributed by atoms with Gasteiger partial charge in [-0.05, 0) is 49.3 Å². The van der Waals surface area contributed by atoms with Crippen molar-refractivity contribution in [1.29, 1.82) is 0 Å². The number of unbranched alkanes of at least 4 members (excludes halogenated alkanes) is 1. The maximum absolute atomic E-state index is 9.07. The molecule has 2 nitrogen and oxygen atoms in total. The molecule has 0 saturated carbocycles. The number of aryl methyl sites for hydroxylation is 2. The number of rotatable bonds is 8. The zero-order valence-electron chi connectivity index (χ0n) is 10.9. The Bertz CT molecular complexity index is 290. The monoisotopic (exact) mass is 235 g/mol. The number of benzene rings is 1. The van der Waals surface area contributed by atoms with E-state index in [0.29, 0.717) is 6.54 Å². The van der Waals surface area contributed by atoms with Crippen molar-refractivity contribution in [2.75, 3.05) is 13.2 Å². The highest BCUT2D eigenvalue weighted by Gasteiger charge is 2.05. The Kier molecular flexibility index (Phi) is 6.90. The minimum atomic E-state index is 0.199. The summed E-state index contributed by atoms with van der Waals surface area (Å²) in [6.07, 6.45) is 5.67. The van der Waals surface area contributed by atoms with Gasteiger partial charge < -0.3 is 10.8 Å². The molecule has 1 atom stereocenters. The molecule has 1 aromatic rings. The second kappa shape index (κ2) is 8.26. The highest BCUT2D eigenvalue weighted by molar-refractivity contribution is 5.22. The maximum atomic E-state index is 9.07. The van der Waals surface area contributed by atoms with Gasteiger partial charge in [0, 0.05) is 6.61 Å². The fourth-order valence-electron chi connectivity index (χ4n) is 1.91. The van der Waals surface area contributed by atoms with Gasteiger partial charge in [0.25, 0.3) is 0 Å². The van der Waals surface area contributed by atoms with E-state index in [2.05, 4.69) is 31.2 Å². The van der Waals surface area contributed by atoms with E-state index in [4.69, 9.17) is 10.8 Å². The molecule has 0 radical (unpaired) electrons. The Morgan fingerprint density at radius 2 is 1.71 bits per heavy atom. The van der Waals surface area contributed by atoms with Crippen LogP contribution >= 0.6 is 0 Å². The largest absolute Gasteiger partial charge is 0.396 e. The van der Waals surface area contributed by atoms with Gasteiger partial charge in [0.1, 0.15) is 0 Å². The summed E-state index contributed by atoms with van der Waals surface area (Å²) >= 11 is 0. The van der Waals surface area contributed by atoms with E-state index in [1.54, 1.807) is 0 Å². The van der Waals surface area contributed by atoms with Gasteiger partial charge in [0.05, 0.1) is 0 Å². The molecule has 17 heavy (non-hydrogen) atoms. The third kappa shape index (κ3) is 5.33. The second-order valence-electron chi connectivity index (χ2n) is 4.74. The Balaban J connectivity index is 2.39. The number of hydrogen-bond donors (Lipinski definition) is 2. The van der Waals surface area contributed by atoms with Crippen molar-refractivity contribution in [1.82, 2.24) is 0 Å². The van der Waals surface area contributed by atoms with Crippen LogP contribution in [0.4, 0.5) is 0 Å². The van der Waals surface area contributed by atoms with Crippen LogP contribution in [0.1, 0.15) is 37.3 Å². The van der Waals surface area contributed by atoms with Gasteiger partial charge in [0.2, 0.25) is 0 Å². The van der Waals surface area contributed by atoms with Crippen molar-refractivity contribution in [3.8, 4) is 0 Å². The van der Waals surface area contributed by atoms with Gasteiger partial charge >= 0.3 is 0 Å². The lowest BCUT2D eigenvalue weighted by atomic mass is 9.99. The van der Waals surface area contributed by atoms with Crippen LogP contribution in [0.15, 0.2) is 24.3 Å². The third-order valence-corrected chi connectivity index (χ3v) is 3.27. The summed E-state index contributed by atoms with van der Waals surface area (Å²) in [6.45, 7) is 2.99. The molecule has 0 saturated heterocycles. The quantitative estimate of drug-likeness (QED) is 0.727. The summed E-state index contributed by atoms with van der Waals surface area (Å²) in [5.41, 5.74) is 8.34. The van der Waals surface area contributed by atoms with Crippen molar-refractivity contribution >= 4 is 0 Å². The molecular formula is C15H25NO. The predicted molar refractivity (Wildman–Crippen MR) is 73.0 cm³/mol. The van der Waals surface area contributed by atoms with E-state index in [1.807, 2.05) is 0 Å². The molecular weight excluding hydrogens is 210 g/mol. The average molecular weight is 235 g/mol. The highest BCUT2D eigenvalue weighted by atomic mass is 16.3. The molecule has 0 bridgehead atoms. The molecule has 0 aromatic heterocycles. The number of aliphatic hydroxyl groups is 1. The molecule has 1 rings (SSSR count). The molecule has 1 unspecified atom stereocenters. The molecule has 0 aliphatic carbocycles. The smallest absolute Gasteiger partial charge is 0.0471 e. The molecule has 0 heterocycles. The highest BCUT2D eigenvalue weighted by Crippen LogP contribution is 2.12. The van der Waals surface area contributed by atoms with Gasteiger partial charge in [-0.25, -0.2) is 0 Å². The van der Waals surface area contributed by atoms with E-state index < -0.39 is 0 Å². The topological polar surface area (TPSA) is 46.2 Å². The van der Waals surface area contributed by atoms with Crippen LogP contribution in [0.25, 0.3) is 0 Å². The number of aliphatic hydroxyl groups excluding tert-OH is 1. The fourth-order valence-corrected chi connectivity index (χ4v) is 1.91. The summed E-state index contributed by atoms with van der Waals surface area (Å²) in [7, 11) is 0.